The van der Waals surface area contributed by atoms with Gasteiger partial charge in [0.05, 0.1) is 13.2 Å². The Morgan fingerprint density at radius 1 is 1.32 bits per heavy atom. The van der Waals surface area contributed by atoms with Crippen molar-refractivity contribution in [3.05, 3.63) is 24.3 Å². The maximum absolute atomic E-state index is 12.4. The van der Waals surface area contributed by atoms with E-state index in [0.717, 1.165) is 0 Å². The van der Waals surface area contributed by atoms with E-state index in [1.54, 1.807) is 24.3 Å². The molecule has 0 aromatic heterocycles. The van der Waals surface area contributed by atoms with E-state index in [9.17, 15) is 19.5 Å². The lowest BCUT2D eigenvalue weighted by Gasteiger charge is -2.36. The van der Waals surface area contributed by atoms with Crippen molar-refractivity contribution in [2.24, 2.45) is 5.73 Å². The molecule has 2 heterocycles. The van der Waals surface area contributed by atoms with Crippen molar-refractivity contribution >= 4 is 29.3 Å². The number of nitrogens with two attached hydrogens (primary N) is 1. The van der Waals surface area contributed by atoms with Crippen molar-refractivity contribution < 1.29 is 29.0 Å². The largest absolute Gasteiger partial charge is 0.477 e. The van der Waals surface area contributed by atoms with Gasteiger partial charge in [-0.05, 0) is 12.1 Å². The molecule has 2 fully saturated rings. The van der Waals surface area contributed by atoms with E-state index in [1.807, 2.05) is 0 Å². The zero-order chi connectivity index (χ0) is 18.0. The molecule has 134 valence electrons. The Hall–Kier alpha value is -2.49. The molecule has 9 heteroatoms. The Morgan fingerprint density at radius 3 is 2.60 bits per heavy atom. The number of carboxylic acid groups (broad SMARTS) is 1. The number of benzene rings is 1. The summed E-state index contributed by atoms with van der Waals surface area (Å²) in [6.07, 6.45) is -0.821. The average Bonchev–Trinajstić information content (AvgIpc) is 2.98. The van der Waals surface area contributed by atoms with Crippen molar-refractivity contribution in [3.63, 3.8) is 0 Å². The summed E-state index contributed by atoms with van der Waals surface area (Å²) >= 11 is 0. The molecular formula is C16H20N3O6+. The molecule has 0 saturated carbocycles. The minimum Gasteiger partial charge on any atom is -0.477 e. The van der Waals surface area contributed by atoms with Gasteiger partial charge in [-0.2, -0.15) is 0 Å². The lowest BCUT2D eigenvalue weighted by atomic mass is 10.1. The summed E-state index contributed by atoms with van der Waals surface area (Å²) in [5.41, 5.74) is 6.69. The number of aliphatic carboxylic acids is 1. The third-order valence-electron chi connectivity index (χ3n) is 4.52. The van der Waals surface area contributed by atoms with Gasteiger partial charge in [0, 0.05) is 24.4 Å². The van der Waals surface area contributed by atoms with Crippen LogP contribution in [0.1, 0.15) is 0 Å². The molecule has 9 nitrogen and oxygen atoms in total. The average molecular weight is 350 g/mol. The minimum absolute atomic E-state index is 0.119. The molecule has 2 unspecified atom stereocenters. The van der Waals surface area contributed by atoms with Crippen molar-refractivity contribution in [1.82, 2.24) is 4.48 Å². The number of cyclic esters (lactones) is 1. The summed E-state index contributed by atoms with van der Waals surface area (Å²) in [5.74, 6) is -1.36. The van der Waals surface area contributed by atoms with Crippen molar-refractivity contribution in [2.45, 2.75) is 6.10 Å². The van der Waals surface area contributed by atoms with Gasteiger partial charge >= 0.3 is 18.0 Å². The van der Waals surface area contributed by atoms with Crippen LogP contribution in [-0.4, -0.2) is 68.6 Å². The first-order valence-electron chi connectivity index (χ1n) is 7.95. The Balaban J connectivity index is 1.88. The number of morpholine rings is 1. The highest BCUT2D eigenvalue weighted by Crippen LogP contribution is 2.30. The molecule has 0 radical (unpaired) electrons. The van der Waals surface area contributed by atoms with Crippen molar-refractivity contribution in [3.8, 4) is 0 Å². The van der Waals surface area contributed by atoms with E-state index in [1.165, 1.54) is 4.90 Å². The lowest BCUT2D eigenvalue weighted by molar-refractivity contribution is -0.150. The highest BCUT2D eigenvalue weighted by Gasteiger charge is 2.44. The Kier molecular flexibility index (Phi) is 4.71. The predicted molar refractivity (Wildman–Crippen MR) is 88.1 cm³/mol. The molecule has 1 aromatic rings. The summed E-state index contributed by atoms with van der Waals surface area (Å²) in [6.45, 7) is 0.696. The van der Waals surface area contributed by atoms with Crippen LogP contribution in [0.15, 0.2) is 24.3 Å². The zero-order valence-corrected chi connectivity index (χ0v) is 13.6. The molecule has 0 bridgehead atoms. The number of ether oxygens (including phenoxy) is 2. The Labute approximate surface area is 144 Å². The molecular weight excluding hydrogens is 330 g/mol. The number of carbonyl (C=O) groups excluding carboxylic acids is 2. The van der Waals surface area contributed by atoms with Gasteiger partial charge in [-0.15, -0.1) is 0 Å². The highest BCUT2D eigenvalue weighted by molar-refractivity contribution is 5.95. The number of rotatable bonds is 5. The standard InChI is InChI=1S/C16H19N3O6/c17-7-13-8-18(16(23)25-13)11-1-3-12(4-2-11)19(9-15(21)22)5-6-24-10-14(19)20/h1-4,13H,5-10,17H2/p+1. The lowest BCUT2D eigenvalue weighted by Crippen LogP contribution is -2.62. The van der Waals surface area contributed by atoms with Gasteiger partial charge in [0.1, 0.15) is 18.3 Å². The SMILES string of the molecule is NCC1CN(c2ccc([N+]3(CC(=O)O)CCOCC3=O)cc2)C(=O)O1. The van der Waals surface area contributed by atoms with E-state index in [4.69, 9.17) is 15.2 Å². The molecule has 0 aliphatic carbocycles. The molecule has 3 N–H and O–H groups in total. The maximum atomic E-state index is 12.4. The zero-order valence-electron chi connectivity index (χ0n) is 13.6. The summed E-state index contributed by atoms with van der Waals surface area (Å²) in [6, 6.07) is 6.70. The number of hydrogen-bond donors (Lipinski definition) is 2. The molecule has 2 atom stereocenters. The fourth-order valence-corrected chi connectivity index (χ4v) is 3.16. The number of amides is 2. The summed E-state index contributed by atoms with van der Waals surface area (Å²) in [4.78, 5) is 37.1. The van der Waals surface area contributed by atoms with Crippen LogP contribution >= 0.6 is 0 Å². The summed E-state index contributed by atoms with van der Waals surface area (Å²) in [5, 5.41) is 9.24. The maximum Gasteiger partial charge on any atom is 0.414 e. The molecule has 25 heavy (non-hydrogen) atoms. The predicted octanol–water partition coefficient (Wildman–Crippen LogP) is -0.0808. The van der Waals surface area contributed by atoms with Gasteiger partial charge in [-0.1, -0.05) is 0 Å². The van der Waals surface area contributed by atoms with E-state index in [2.05, 4.69) is 0 Å². The van der Waals surface area contributed by atoms with Crippen LogP contribution in [0.25, 0.3) is 0 Å². The molecule has 0 spiro atoms. The monoisotopic (exact) mass is 350 g/mol. The third-order valence-corrected chi connectivity index (χ3v) is 4.52. The first-order chi connectivity index (χ1) is 12.0. The number of anilines is 1. The Morgan fingerprint density at radius 2 is 2.04 bits per heavy atom. The van der Waals surface area contributed by atoms with Gasteiger partial charge in [-0.25, -0.2) is 18.9 Å². The first-order valence-corrected chi connectivity index (χ1v) is 7.95. The number of carbonyl (C=O) groups is 3. The number of carboxylic acids is 1. The molecule has 2 aliphatic heterocycles. The van der Waals surface area contributed by atoms with Crippen LogP contribution in [0.2, 0.25) is 0 Å². The number of nitrogens with zero attached hydrogens (tertiary/aromatic N) is 2. The number of quaternary nitrogens is 1. The van der Waals surface area contributed by atoms with E-state index < -0.39 is 12.1 Å². The van der Waals surface area contributed by atoms with Crippen LogP contribution in [0.3, 0.4) is 0 Å². The van der Waals surface area contributed by atoms with Gasteiger partial charge < -0.3 is 20.3 Å². The first kappa shape index (κ1) is 17.3. The quantitative estimate of drug-likeness (QED) is 0.713. The fraction of sp³-hybridized carbons (Fsp3) is 0.438. The second-order valence-corrected chi connectivity index (χ2v) is 6.06. The molecule has 2 amide bonds. The Bertz CT molecular complexity index is 692. The molecule has 2 saturated heterocycles. The smallest absolute Gasteiger partial charge is 0.414 e. The second kappa shape index (κ2) is 6.79. The van der Waals surface area contributed by atoms with Gasteiger partial charge in [0.2, 0.25) is 0 Å². The fourth-order valence-electron chi connectivity index (χ4n) is 3.16. The second-order valence-electron chi connectivity index (χ2n) is 6.06. The summed E-state index contributed by atoms with van der Waals surface area (Å²) < 4.78 is 9.97. The van der Waals surface area contributed by atoms with Crippen LogP contribution in [0.4, 0.5) is 16.2 Å². The van der Waals surface area contributed by atoms with E-state index >= 15 is 0 Å². The minimum atomic E-state index is -1.06. The molecule has 2 aliphatic rings. The van der Waals surface area contributed by atoms with Crippen LogP contribution in [0, 0.1) is 0 Å². The van der Waals surface area contributed by atoms with Gasteiger partial charge in [0.15, 0.2) is 13.2 Å². The normalized spacial score (nSPS) is 26.6. The van der Waals surface area contributed by atoms with Crippen LogP contribution < -0.4 is 15.1 Å². The topological polar surface area (TPSA) is 119 Å². The van der Waals surface area contributed by atoms with E-state index in [0.29, 0.717) is 24.5 Å². The van der Waals surface area contributed by atoms with Gasteiger partial charge in [0.25, 0.3) is 0 Å². The van der Waals surface area contributed by atoms with Gasteiger partial charge in [-0.3, -0.25) is 4.90 Å². The summed E-state index contributed by atoms with van der Waals surface area (Å²) in [7, 11) is 0. The van der Waals surface area contributed by atoms with Crippen LogP contribution in [-0.2, 0) is 19.1 Å². The molecule has 3 rings (SSSR count). The van der Waals surface area contributed by atoms with Crippen molar-refractivity contribution in [2.75, 3.05) is 44.3 Å². The number of hydrogen-bond acceptors (Lipinski definition) is 6. The molecule has 1 aromatic carbocycles. The van der Waals surface area contributed by atoms with Crippen molar-refractivity contribution in [1.29, 1.82) is 0 Å². The highest BCUT2D eigenvalue weighted by atomic mass is 16.6. The van der Waals surface area contributed by atoms with Crippen LogP contribution in [0.5, 0.6) is 0 Å². The van der Waals surface area contributed by atoms with E-state index in [-0.39, 0.29) is 42.7 Å². The third kappa shape index (κ3) is 3.21.